The van der Waals surface area contributed by atoms with E-state index >= 15 is 0 Å². The van der Waals surface area contributed by atoms with Gasteiger partial charge in [-0.25, -0.2) is 13.4 Å². The van der Waals surface area contributed by atoms with E-state index in [-0.39, 0.29) is 18.0 Å². The molecule has 0 aliphatic rings. The van der Waals surface area contributed by atoms with Gasteiger partial charge in [-0.15, -0.1) is 0 Å². The number of carbonyl (C=O) groups excluding carboxylic acids is 1. The van der Waals surface area contributed by atoms with E-state index in [2.05, 4.69) is 4.98 Å². The molecular weight excluding hydrogens is 254 g/mol. The van der Waals surface area contributed by atoms with Crippen LogP contribution in [0.1, 0.15) is 30.4 Å². The van der Waals surface area contributed by atoms with Crippen molar-refractivity contribution in [2.24, 2.45) is 5.73 Å². The second kappa shape index (κ2) is 6.10. The lowest BCUT2D eigenvalue weighted by atomic mass is 10.1. The molecule has 0 aromatic carbocycles. The molecular formula is C11H19N3O3S. The van der Waals surface area contributed by atoms with Gasteiger partial charge in [-0.1, -0.05) is 6.92 Å². The third-order valence-electron chi connectivity index (χ3n) is 2.54. The summed E-state index contributed by atoms with van der Waals surface area (Å²) in [5, 5.41) is 0. The maximum Gasteiger partial charge on any atom is 0.214 e. The maximum atomic E-state index is 12.0. The number of carbonyl (C=O) groups is 1. The number of imidazole rings is 1. The van der Waals surface area contributed by atoms with Gasteiger partial charge in [0.05, 0.1) is 11.8 Å². The average Bonchev–Trinajstić information content (AvgIpc) is 2.72. The first kappa shape index (κ1) is 14.8. The Morgan fingerprint density at radius 2 is 2.22 bits per heavy atom. The zero-order valence-electron chi connectivity index (χ0n) is 10.7. The van der Waals surface area contributed by atoms with Crippen LogP contribution in [0, 0.1) is 0 Å². The highest BCUT2D eigenvalue weighted by Crippen LogP contribution is 2.05. The predicted octanol–water partition coefficient (Wildman–Crippen LogP) is 0.238. The molecule has 0 spiro atoms. The summed E-state index contributed by atoms with van der Waals surface area (Å²) < 4.78 is 23.8. The van der Waals surface area contributed by atoms with Gasteiger partial charge in [-0.3, -0.25) is 4.79 Å². The maximum absolute atomic E-state index is 12.0. The number of sulfone groups is 1. The molecule has 0 saturated heterocycles. The van der Waals surface area contributed by atoms with E-state index in [4.69, 9.17) is 5.73 Å². The number of rotatable bonds is 7. The van der Waals surface area contributed by atoms with Gasteiger partial charge >= 0.3 is 0 Å². The molecule has 0 aliphatic heterocycles. The average molecular weight is 273 g/mol. The fourth-order valence-electron chi connectivity index (χ4n) is 1.59. The normalized spacial score (nSPS) is 13.5. The molecule has 1 aromatic heterocycles. The highest BCUT2D eigenvalue weighted by Gasteiger charge is 2.21. The zero-order valence-corrected chi connectivity index (χ0v) is 11.5. The second-order valence-electron chi connectivity index (χ2n) is 4.33. The molecule has 1 aromatic rings. The summed E-state index contributed by atoms with van der Waals surface area (Å²) in [6.45, 7) is 2.69. The predicted molar refractivity (Wildman–Crippen MR) is 69.2 cm³/mol. The molecule has 18 heavy (non-hydrogen) atoms. The Hall–Kier alpha value is -1.21. The molecule has 1 unspecified atom stereocenters. The van der Waals surface area contributed by atoms with Gasteiger partial charge in [0.25, 0.3) is 0 Å². The van der Waals surface area contributed by atoms with Crippen LogP contribution in [0.25, 0.3) is 0 Å². The summed E-state index contributed by atoms with van der Waals surface area (Å²) in [6.07, 6.45) is 5.40. The lowest BCUT2D eigenvalue weighted by Gasteiger charge is -2.11. The number of ketones is 1. The lowest BCUT2D eigenvalue weighted by Crippen LogP contribution is -2.34. The minimum atomic E-state index is -3.10. The number of aryl methyl sites for hydroxylation is 1. The Bertz CT molecular complexity index is 507. The zero-order chi connectivity index (χ0) is 13.8. The monoisotopic (exact) mass is 273 g/mol. The molecule has 1 rings (SSSR count). The van der Waals surface area contributed by atoms with Gasteiger partial charge in [0.1, 0.15) is 9.84 Å². The van der Waals surface area contributed by atoms with Crippen LogP contribution in [-0.4, -0.2) is 41.8 Å². The van der Waals surface area contributed by atoms with Gasteiger partial charge in [0.2, 0.25) is 5.78 Å². The van der Waals surface area contributed by atoms with Crippen molar-refractivity contribution in [3.05, 3.63) is 18.2 Å². The van der Waals surface area contributed by atoms with Crippen molar-refractivity contribution < 1.29 is 13.2 Å². The van der Waals surface area contributed by atoms with E-state index in [1.807, 2.05) is 6.92 Å². The molecule has 102 valence electrons. The smallest absolute Gasteiger partial charge is 0.214 e. The summed E-state index contributed by atoms with van der Waals surface area (Å²) in [6, 6.07) is -0.822. The minimum absolute atomic E-state index is 0.0889. The molecule has 0 saturated carbocycles. The van der Waals surface area contributed by atoms with Crippen molar-refractivity contribution in [3.8, 4) is 0 Å². The number of hydrogen-bond donors (Lipinski definition) is 1. The Balaban J connectivity index is 2.71. The SMILES string of the molecule is CCCn1ccnc1C(=O)C(N)CCS(C)(=O)=O. The van der Waals surface area contributed by atoms with Crippen LogP contribution in [0.5, 0.6) is 0 Å². The van der Waals surface area contributed by atoms with Crippen molar-refractivity contribution >= 4 is 15.6 Å². The Labute approximate surface area is 107 Å². The molecule has 0 radical (unpaired) electrons. The molecule has 1 atom stereocenters. The summed E-state index contributed by atoms with van der Waals surface area (Å²) >= 11 is 0. The van der Waals surface area contributed by atoms with Gasteiger partial charge in [-0.05, 0) is 12.8 Å². The van der Waals surface area contributed by atoms with Gasteiger partial charge < -0.3 is 10.3 Å². The Morgan fingerprint density at radius 3 is 2.78 bits per heavy atom. The summed E-state index contributed by atoms with van der Waals surface area (Å²) in [7, 11) is -3.10. The molecule has 0 amide bonds. The third kappa shape index (κ3) is 4.23. The van der Waals surface area contributed by atoms with Crippen molar-refractivity contribution in [2.75, 3.05) is 12.0 Å². The van der Waals surface area contributed by atoms with E-state index in [1.165, 1.54) is 0 Å². The van der Waals surface area contributed by atoms with Crippen molar-refractivity contribution in [3.63, 3.8) is 0 Å². The molecule has 0 fully saturated rings. The standard InChI is InChI=1S/C11H19N3O3S/c1-3-6-14-7-5-13-11(14)10(15)9(12)4-8-18(2,16)17/h5,7,9H,3-4,6,8,12H2,1-2H3. The van der Waals surface area contributed by atoms with Crippen LogP contribution in [0.3, 0.4) is 0 Å². The molecule has 0 bridgehead atoms. The van der Waals surface area contributed by atoms with Crippen molar-refractivity contribution in [1.82, 2.24) is 9.55 Å². The van der Waals surface area contributed by atoms with Gasteiger partial charge in [0, 0.05) is 25.2 Å². The minimum Gasteiger partial charge on any atom is -0.328 e. The second-order valence-corrected chi connectivity index (χ2v) is 6.59. The van der Waals surface area contributed by atoms with Crippen LogP contribution < -0.4 is 5.73 Å². The topological polar surface area (TPSA) is 95.0 Å². The van der Waals surface area contributed by atoms with Gasteiger partial charge in [-0.2, -0.15) is 0 Å². The first-order valence-electron chi connectivity index (χ1n) is 5.83. The Kier molecular flexibility index (Phi) is 5.03. The molecule has 0 aliphatic carbocycles. The van der Waals surface area contributed by atoms with E-state index < -0.39 is 15.9 Å². The molecule has 7 heteroatoms. The number of nitrogens with two attached hydrogens (primary N) is 1. The summed E-state index contributed by atoms with van der Waals surface area (Å²) in [4.78, 5) is 16.0. The highest BCUT2D eigenvalue weighted by atomic mass is 32.2. The van der Waals surface area contributed by atoms with Gasteiger partial charge in [0.15, 0.2) is 5.82 Å². The van der Waals surface area contributed by atoms with Crippen LogP contribution in [0.15, 0.2) is 12.4 Å². The van der Waals surface area contributed by atoms with Crippen molar-refractivity contribution in [2.45, 2.75) is 32.4 Å². The summed E-state index contributed by atoms with van der Waals surface area (Å²) in [5.41, 5.74) is 5.71. The fraction of sp³-hybridized carbons (Fsp3) is 0.636. The quantitative estimate of drug-likeness (QED) is 0.718. The van der Waals surface area contributed by atoms with E-state index in [1.54, 1.807) is 17.0 Å². The molecule has 6 nitrogen and oxygen atoms in total. The van der Waals surface area contributed by atoms with E-state index in [9.17, 15) is 13.2 Å². The molecule has 1 heterocycles. The van der Waals surface area contributed by atoms with Crippen LogP contribution in [-0.2, 0) is 16.4 Å². The summed E-state index contributed by atoms with van der Waals surface area (Å²) in [5.74, 6) is -0.0936. The number of aromatic nitrogens is 2. The Morgan fingerprint density at radius 1 is 1.56 bits per heavy atom. The number of nitrogens with zero attached hydrogens (tertiary/aromatic N) is 2. The molecule has 2 N–H and O–H groups in total. The number of hydrogen-bond acceptors (Lipinski definition) is 5. The third-order valence-corrected chi connectivity index (χ3v) is 3.51. The largest absolute Gasteiger partial charge is 0.328 e. The fourth-order valence-corrected chi connectivity index (χ4v) is 2.28. The van der Waals surface area contributed by atoms with Crippen molar-refractivity contribution in [1.29, 1.82) is 0 Å². The highest BCUT2D eigenvalue weighted by molar-refractivity contribution is 7.90. The van der Waals surface area contributed by atoms with E-state index in [0.29, 0.717) is 12.4 Å². The van der Waals surface area contributed by atoms with Crippen LogP contribution >= 0.6 is 0 Å². The lowest BCUT2D eigenvalue weighted by molar-refractivity contribution is 0.0945. The van der Waals surface area contributed by atoms with Crippen LogP contribution in [0.2, 0.25) is 0 Å². The first-order valence-corrected chi connectivity index (χ1v) is 7.90. The first-order chi connectivity index (χ1) is 8.35. The number of Topliss-reactive ketones (excluding diaryl/α,β-unsaturated/α-hetero) is 1. The van der Waals surface area contributed by atoms with E-state index in [0.717, 1.165) is 12.7 Å². The van der Waals surface area contributed by atoms with Crippen LogP contribution in [0.4, 0.5) is 0 Å².